The Hall–Kier alpha value is -2.95. The molecule has 0 radical (unpaired) electrons. The van der Waals surface area contributed by atoms with Gasteiger partial charge in [-0.1, -0.05) is 12.1 Å². The molecule has 0 bridgehead atoms. The van der Waals surface area contributed by atoms with Crippen molar-refractivity contribution in [3.63, 3.8) is 0 Å². The Bertz CT molecular complexity index is 824. The van der Waals surface area contributed by atoms with E-state index in [0.29, 0.717) is 22.6 Å². The van der Waals surface area contributed by atoms with Crippen LogP contribution in [-0.2, 0) is 4.79 Å². The molecule has 0 spiro atoms. The van der Waals surface area contributed by atoms with Crippen LogP contribution in [-0.4, -0.2) is 18.2 Å². The fourth-order valence-electron chi connectivity index (χ4n) is 2.19. The van der Waals surface area contributed by atoms with Gasteiger partial charge in [0, 0.05) is 6.07 Å². The molecular formula is C18H13FO4. The normalized spacial score (nSPS) is 14.5. The number of Topliss-reactive ketones (excluding diaryl/α,β-unsaturated/α-hetero) is 2. The van der Waals surface area contributed by atoms with Crippen LogP contribution in [0.1, 0.15) is 22.8 Å². The summed E-state index contributed by atoms with van der Waals surface area (Å²) in [5, 5.41) is 0. The van der Waals surface area contributed by atoms with E-state index in [4.69, 9.17) is 9.47 Å². The van der Waals surface area contributed by atoms with Gasteiger partial charge in [0.2, 0.25) is 5.78 Å². The summed E-state index contributed by atoms with van der Waals surface area (Å²) in [4.78, 5) is 23.2. The standard InChI is InChI=1S/C18H13FO4/c1-11(20)10-22-14-5-6-15-16(9-14)23-17(18(15)21)8-12-3-2-4-13(19)7-12/h2-9H,10H2,1H3/b17-8-. The Morgan fingerprint density at radius 3 is 2.83 bits per heavy atom. The van der Waals surface area contributed by atoms with Crippen molar-refractivity contribution in [3.05, 3.63) is 65.2 Å². The van der Waals surface area contributed by atoms with Crippen molar-refractivity contribution in [1.82, 2.24) is 0 Å². The quantitative estimate of drug-likeness (QED) is 0.812. The van der Waals surface area contributed by atoms with Gasteiger partial charge in [-0.15, -0.1) is 0 Å². The Labute approximate surface area is 132 Å². The van der Waals surface area contributed by atoms with Gasteiger partial charge in [0.25, 0.3) is 0 Å². The fourth-order valence-corrected chi connectivity index (χ4v) is 2.19. The highest BCUT2D eigenvalue weighted by molar-refractivity contribution is 6.14. The lowest BCUT2D eigenvalue weighted by Crippen LogP contribution is -2.06. The molecule has 0 aromatic heterocycles. The van der Waals surface area contributed by atoms with Crippen LogP contribution in [0.25, 0.3) is 6.08 Å². The van der Waals surface area contributed by atoms with Crippen LogP contribution < -0.4 is 9.47 Å². The first-order valence-electron chi connectivity index (χ1n) is 6.99. The molecule has 1 aliphatic rings. The van der Waals surface area contributed by atoms with Gasteiger partial charge in [0.05, 0.1) is 5.56 Å². The number of hydrogen-bond acceptors (Lipinski definition) is 4. The molecule has 1 heterocycles. The molecule has 1 aliphatic heterocycles. The lowest BCUT2D eigenvalue weighted by atomic mass is 10.1. The van der Waals surface area contributed by atoms with Gasteiger partial charge in [-0.3, -0.25) is 9.59 Å². The molecule has 23 heavy (non-hydrogen) atoms. The number of carbonyl (C=O) groups excluding carboxylic acids is 2. The number of ketones is 2. The number of ether oxygens (including phenoxy) is 2. The molecule has 2 aromatic rings. The number of rotatable bonds is 4. The molecule has 0 N–H and O–H groups in total. The van der Waals surface area contributed by atoms with Gasteiger partial charge in [-0.05, 0) is 42.8 Å². The van der Waals surface area contributed by atoms with E-state index < -0.39 is 0 Å². The Kier molecular flexibility index (Phi) is 3.93. The maximum Gasteiger partial charge on any atom is 0.231 e. The molecule has 3 rings (SSSR count). The number of carbonyl (C=O) groups is 2. The minimum Gasteiger partial charge on any atom is -0.486 e. The van der Waals surface area contributed by atoms with Crippen LogP contribution in [0, 0.1) is 5.82 Å². The summed E-state index contributed by atoms with van der Waals surface area (Å²) in [6, 6.07) is 10.6. The monoisotopic (exact) mass is 312 g/mol. The molecule has 0 aliphatic carbocycles. The molecule has 2 aromatic carbocycles. The van der Waals surface area contributed by atoms with Gasteiger partial charge in [0.15, 0.2) is 11.5 Å². The summed E-state index contributed by atoms with van der Waals surface area (Å²) >= 11 is 0. The van der Waals surface area contributed by atoms with E-state index in [1.807, 2.05) is 0 Å². The molecular weight excluding hydrogens is 299 g/mol. The van der Waals surface area contributed by atoms with E-state index in [1.165, 1.54) is 25.1 Å². The zero-order valence-corrected chi connectivity index (χ0v) is 12.3. The highest BCUT2D eigenvalue weighted by Crippen LogP contribution is 2.34. The first-order valence-corrected chi connectivity index (χ1v) is 6.99. The average Bonchev–Trinajstić information content (AvgIpc) is 2.81. The van der Waals surface area contributed by atoms with Crippen LogP contribution in [0.3, 0.4) is 0 Å². The second kappa shape index (κ2) is 6.04. The molecule has 0 saturated heterocycles. The van der Waals surface area contributed by atoms with Crippen molar-refractivity contribution in [2.75, 3.05) is 6.61 Å². The van der Waals surface area contributed by atoms with Crippen LogP contribution in [0.4, 0.5) is 4.39 Å². The minimum absolute atomic E-state index is 0.0429. The number of fused-ring (bicyclic) bond motifs is 1. The zero-order chi connectivity index (χ0) is 16.4. The third kappa shape index (κ3) is 3.29. The lowest BCUT2D eigenvalue weighted by Gasteiger charge is -2.04. The molecule has 5 heteroatoms. The second-order valence-electron chi connectivity index (χ2n) is 5.14. The third-order valence-corrected chi connectivity index (χ3v) is 3.23. The molecule has 0 atom stereocenters. The van der Waals surface area contributed by atoms with Crippen LogP contribution >= 0.6 is 0 Å². The topological polar surface area (TPSA) is 52.6 Å². The number of benzene rings is 2. The van der Waals surface area contributed by atoms with E-state index in [-0.39, 0.29) is 29.7 Å². The minimum atomic E-state index is -0.387. The number of halogens is 1. The van der Waals surface area contributed by atoms with E-state index in [1.54, 1.807) is 30.3 Å². The lowest BCUT2D eigenvalue weighted by molar-refractivity contribution is -0.118. The third-order valence-electron chi connectivity index (χ3n) is 3.23. The summed E-state index contributed by atoms with van der Waals surface area (Å²) in [5.41, 5.74) is 0.942. The summed E-state index contributed by atoms with van der Waals surface area (Å²) in [5.74, 6) is 0.158. The summed E-state index contributed by atoms with van der Waals surface area (Å²) < 4.78 is 24.0. The summed E-state index contributed by atoms with van der Waals surface area (Å²) in [6.45, 7) is 1.38. The van der Waals surface area contributed by atoms with Gasteiger partial charge in [-0.25, -0.2) is 4.39 Å². The maximum absolute atomic E-state index is 13.2. The predicted molar refractivity (Wildman–Crippen MR) is 82.0 cm³/mol. The highest BCUT2D eigenvalue weighted by atomic mass is 19.1. The molecule has 0 amide bonds. The van der Waals surface area contributed by atoms with E-state index in [2.05, 4.69) is 0 Å². The van der Waals surface area contributed by atoms with Crippen LogP contribution in [0.5, 0.6) is 11.5 Å². The molecule has 0 saturated carbocycles. The average molecular weight is 312 g/mol. The second-order valence-corrected chi connectivity index (χ2v) is 5.14. The van der Waals surface area contributed by atoms with E-state index >= 15 is 0 Å². The van der Waals surface area contributed by atoms with Crippen molar-refractivity contribution < 1.29 is 23.5 Å². The molecule has 116 valence electrons. The Morgan fingerprint density at radius 1 is 1.26 bits per heavy atom. The van der Waals surface area contributed by atoms with E-state index in [0.717, 1.165) is 0 Å². The maximum atomic E-state index is 13.2. The molecule has 0 fully saturated rings. The zero-order valence-electron chi connectivity index (χ0n) is 12.3. The molecule has 4 nitrogen and oxygen atoms in total. The van der Waals surface area contributed by atoms with Gasteiger partial charge < -0.3 is 9.47 Å². The van der Waals surface area contributed by atoms with E-state index in [9.17, 15) is 14.0 Å². The van der Waals surface area contributed by atoms with Crippen LogP contribution in [0.15, 0.2) is 48.2 Å². The Morgan fingerprint density at radius 2 is 2.09 bits per heavy atom. The van der Waals surface area contributed by atoms with Crippen molar-refractivity contribution in [1.29, 1.82) is 0 Å². The SMILES string of the molecule is CC(=O)COc1ccc2c(c1)O/C(=C\c1cccc(F)c1)C2=O. The molecule has 0 unspecified atom stereocenters. The van der Waals surface area contributed by atoms with Gasteiger partial charge >= 0.3 is 0 Å². The Balaban J connectivity index is 1.85. The smallest absolute Gasteiger partial charge is 0.231 e. The van der Waals surface area contributed by atoms with Gasteiger partial charge in [0.1, 0.15) is 23.9 Å². The first kappa shape index (κ1) is 15.0. The van der Waals surface area contributed by atoms with Crippen LogP contribution in [0.2, 0.25) is 0 Å². The van der Waals surface area contributed by atoms with Crippen molar-refractivity contribution in [3.8, 4) is 11.5 Å². The number of hydrogen-bond donors (Lipinski definition) is 0. The first-order chi connectivity index (χ1) is 11.0. The van der Waals surface area contributed by atoms with Crippen molar-refractivity contribution >= 4 is 17.6 Å². The largest absolute Gasteiger partial charge is 0.486 e. The summed E-state index contributed by atoms with van der Waals surface area (Å²) in [7, 11) is 0. The van der Waals surface area contributed by atoms with Gasteiger partial charge in [-0.2, -0.15) is 0 Å². The fraction of sp³-hybridized carbons (Fsp3) is 0.111. The number of allylic oxidation sites excluding steroid dienone is 1. The van der Waals surface area contributed by atoms with Crippen molar-refractivity contribution in [2.45, 2.75) is 6.92 Å². The highest BCUT2D eigenvalue weighted by Gasteiger charge is 2.27. The summed E-state index contributed by atoms with van der Waals surface area (Å²) in [6.07, 6.45) is 1.49. The van der Waals surface area contributed by atoms with Crippen molar-refractivity contribution in [2.24, 2.45) is 0 Å². The predicted octanol–water partition coefficient (Wildman–Crippen LogP) is 3.41.